The number of carbonyl (C=O) groups is 4. The van der Waals surface area contributed by atoms with E-state index in [1.807, 2.05) is 0 Å². The summed E-state index contributed by atoms with van der Waals surface area (Å²) in [6.07, 6.45) is -0.0805. The standard InChI is InChI=1S/C14H22O7/c1-8(11(16)14(3,4)21-9(2)15)7-10(12(17)19-5)13(18)20-6/h8,10H,7H2,1-6H3. The number of hydrogen-bond acceptors (Lipinski definition) is 7. The molecule has 0 aromatic heterocycles. The number of rotatable bonds is 7. The maximum absolute atomic E-state index is 12.3. The third-order valence-electron chi connectivity index (χ3n) is 3.00. The summed E-state index contributed by atoms with van der Waals surface area (Å²) in [7, 11) is 2.29. The van der Waals surface area contributed by atoms with Crippen LogP contribution in [0.15, 0.2) is 0 Å². The molecular formula is C14H22O7. The third-order valence-corrected chi connectivity index (χ3v) is 3.00. The molecule has 0 spiro atoms. The summed E-state index contributed by atoms with van der Waals surface area (Å²) >= 11 is 0. The molecule has 0 amide bonds. The Balaban J connectivity index is 5.02. The molecule has 21 heavy (non-hydrogen) atoms. The molecule has 0 aromatic carbocycles. The van der Waals surface area contributed by atoms with E-state index in [0.29, 0.717) is 0 Å². The average Bonchev–Trinajstić information content (AvgIpc) is 2.40. The molecule has 120 valence electrons. The minimum atomic E-state index is -1.33. The molecule has 0 saturated carbocycles. The minimum Gasteiger partial charge on any atom is -0.468 e. The van der Waals surface area contributed by atoms with Crippen molar-refractivity contribution in [1.29, 1.82) is 0 Å². The van der Waals surface area contributed by atoms with Crippen LogP contribution in [0.4, 0.5) is 0 Å². The number of esters is 3. The molecule has 0 N–H and O–H groups in total. The van der Waals surface area contributed by atoms with Crippen molar-refractivity contribution >= 4 is 23.7 Å². The van der Waals surface area contributed by atoms with Gasteiger partial charge in [0.15, 0.2) is 17.3 Å². The largest absolute Gasteiger partial charge is 0.468 e. The summed E-state index contributed by atoms with van der Waals surface area (Å²) in [6, 6.07) is 0. The molecule has 0 aliphatic carbocycles. The van der Waals surface area contributed by atoms with Crippen LogP contribution in [-0.2, 0) is 33.4 Å². The Morgan fingerprint density at radius 1 is 1.00 bits per heavy atom. The fourth-order valence-corrected chi connectivity index (χ4v) is 2.04. The summed E-state index contributed by atoms with van der Waals surface area (Å²) in [4.78, 5) is 46.4. The van der Waals surface area contributed by atoms with Gasteiger partial charge in [-0.1, -0.05) is 6.92 Å². The zero-order valence-electron chi connectivity index (χ0n) is 13.2. The first kappa shape index (κ1) is 19.1. The van der Waals surface area contributed by atoms with Crippen LogP contribution in [0.5, 0.6) is 0 Å². The van der Waals surface area contributed by atoms with Crippen molar-refractivity contribution in [2.75, 3.05) is 14.2 Å². The fraction of sp³-hybridized carbons (Fsp3) is 0.714. The number of ketones is 1. The van der Waals surface area contributed by atoms with Crippen molar-refractivity contribution in [3.8, 4) is 0 Å². The van der Waals surface area contributed by atoms with Crippen molar-refractivity contribution in [2.24, 2.45) is 11.8 Å². The molecule has 7 nitrogen and oxygen atoms in total. The minimum absolute atomic E-state index is 0.0805. The van der Waals surface area contributed by atoms with Gasteiger partial charge in [-0.15, -0.1) is 0 Å². The van der Waals surface area contributed by atoms with Gasteiger partial charge in [-0.25, -0.2) is 0 Å². The Labute approximate surface area is 123 Å². The van der Waals surface area contributed by atoms with Gasteiger partial charge >= 0.3 is 17.9 Å². The predicted molar refractivity (Wildman–Crippen MR) is 72.2 cm³/mol. The van der Waals surface area contributed by atoms with Crippen molar-refractivity contribution < 1.29 is 33.4 Å². The number of Topliss-reactive ketones (excluding diaryl/α,β-unsaturated/α-hetero) is 1. The second kappa shape index (κ2) is 7.75. The van der Waals surface area contributed by atoms with Crippen LogP contribution in [0.25, 0.3) is 0 Å². The van der Waals surface area contributed by atoms with Crippen molar-refractivity contribution in [2.45, 2.75) is 39.7 Å². The molecule has 0 aliphatic rings. The molecule has 7 heteroatoms. The van der Waals surface area contributed by atoms with Crippen molar-refractivity contribution in [3.63, 3.8) is 0 Å². The summed E-state index contributed by atoms with van der Waals surface area (Å²) in [5.74, 6) is -4.40. The van der Waals surface area contributed by atoms with E-state index in [2.05, 4.69) is 9.47 Å². The van der Waals surface area contributed by atoms with Crippen LogP contribution >= 0.6 is 0 Å². The van der Waals surface area contributed by atoms with Crippen LogP contribution in [0.1, 0.15) is 34.1 Å². The van der Waals surface area contributed by atoms with Gasteiger partial charge in [0, 0.05) is 12.8 Å². The van der Waals surface area contributed by atoms with E-state index in [1.54, 1.807) is 6.92 Å². The lowest BCUT2D eigenvalue weighted by Gasteiger charge is -2.27. The van der Waals surface area contributed by atoms with Gasteiger partial charge in [-0.05, 0) is 20.3 Å². The summed E-state index contributed by atoms with van der Waals surface area (Å²) in [6.45, 7) is 5.66. The Morgan fingerprint density at radius 2 is 1.43 bits per heavy atom. The lowest BCUT2D eigenvalue weighted by molar-refractivity contribution is -0.166. The van der Waals surface area contributed by atoms with E-state index in [-0.39, 0.29) is 6.42 Å². The average molecular weight is 302 g/mol. The predicted octanol–water partition coefficient (Wildman–Crippen LogP) is 0.886. The molecule has 0 heterocycles. The third kappa shape index (κ3) is 5.53. The number of methoxy groups -OCH3 is 2. The van der Waals surface area contributed by atoms with Crippen LogP contribution in [0.2, 0.25) is 0 Å². The normalized spacial score (nSPS) is 12.5. The topological polar surface area (TPSA) is 96.0 Å². The monoisotopic (exact) mass is 302 g/mol. The first-order valence-electron chi connectivity index (χ1n) is 6.46. The molecule has 0 radical (unpaired) electrons. The Kier molecular flexibility index (Phi) is 7.05. The Hall–Kier alpha value is -1.92. The van der Waals surface area contributed by atoms with E-state index < -0.39 is 41.1 Å². The number of ether oxygens (including phenoxy) is 3. The summed E-state index contributed by atoms with van der Waals surface area (Å²) in [5.41, 5.74) is -1.33. The summed E-state index contributed by atoms with van der Waals surface area (Å²) in [5, 5.41) is 0. The highest BCUT2D eigenvalue weighted by Gasteiger charge is 2.38. The fourth-order valence-electron chi connectivity index (χ4n) is 2.04. The molecule has 0 aromatic rings. The SMILES string of the molecule is COC(=O)C(CC(C)C(=O)C(C)(C)OC(C)=O)C(=O)OC. The lowest BCUT2D eigenvalue weighted by Crippen LogP contribution is -2.42. The van der Waals surface area contributed by atoms with E-state index >= 15 is 0 Å². The van der Waals surface area contributed by atoms with Gasteiger partial charge < -0.3 is 14.2 Å². The maximum atomic E-state index is 12.3. The molecule has 0 rings (SSSR count). The van der Waals surface area contributed by atoms with E-state index in [9.17, 15) is 19.2 Å². The van der Waals surface area contributed by atoms with Gasteiger partial charge in [-0.3, -0.25) is 19.2 Å². The molecule has 0 fully saturated rings. The molecule has 1 unspecified atom stereocenters. The first-order chi connectivity index (χ1) is 9.56. The molecule has 0 bridgehead atoms. The van der Waals surface area contributed by atoms with Gasteiger partial charge in [0.2, 0.25) is 0 Å². The maximum Gasteiger partial charge on any atom is 0.320 e. The highest BCUT2D eigenvalue weighted by Crippen LogP contribution is 2.23. The van der Waals surface area contributed by atoms with Crippen LogP contribution in [0.3, 0.4) is 0 Å². The van der Waals surface area contributed by atoms with E-state index in [0.717, 1.165) is 14.2 Å². The van der Waals surface area contributed by atoms with E-state index in [4.69, 9.17) is 4.74 Å². The first-order valence-corrected chi connectivity index (χ1v) is 6.46. The lowest BCUT2D eigenvalue weighted by atomic mass is 9.86. The smallest absolute Gasteiger partial charge is 0.320 e. The number of hydrogen-bond donors (Lipinski definition) is 0. The second-order valence-corrected chi connectivity index (χ2v) is 5.20. The van der Waals surface area contributed by atoms with Crippen LogP contribution < -0.4 is 0 Å². The van der Waals surface area contributed by atoms with Crippen molar-refractivity contribution in [1.82, 2.24) is 0 Å². The highest BCUT2D eigenvalue weighted by atomic mass is 16.6. The van der Waals surface area contributed by atoms with E-state index in [1.165, 1.54) is 20.8 Å². The second-order valence-electron chi connectivity index (χ2n) is 5.20. The van der Waals surface area contributed by atoms with Crippen molar-refractivity contribution in [3.05, 3.63) is 0 Å². The van der Waals surface area contributed by atoms with Gasteiger partial charge in [0.05, 0.1) is 14.2 Å². The highest BCUT2D eigenvalue weighted by molar-refractivity contribution is 5.96. The zero-order valence-corrected chi connectivity index (χ0v) is 13.2. The Morgan fingerprint density at radius 3 is 1.76 bits per heavy atom. The molecule has 0 saturated heterocycles. The van der Waals surface area contributed by atoms with Gasteiger partial charge in [0.1, 0.15) is 0 Å². The van der Waals surface area contributed by atoms with Gasteiger partial charge in [-0.2, -0.15) is 0 Å². The van der Waals surface area contributed by atoms with Crippen LogP contribution in [0, 0.1) is 11.8 Å². The molecular weight excluding hydrogens is 280 g/mol. The molecule has 1 atom stereocenters. The van der Waals surface area contributed by atoms with Gasteiger partial charge in [0.25, 0.3) is 0 Å². The summed E-state index contributed by atoms with van der Waals surface area (Å²) < 4.78 is 14.0. The van der Waals surface area contributed by atoms with Crippen LogP contribution in [-0.4, -0.2) is 43.5 Å². The Bertz CT molecular complexity index is 409. The quantitative estimate of drug-likeness (QED) is 0.391. The number of carbonyl (C=O) groups excluding carboxylic acids is 4. The molecule has 0 aliphatic heterocycles. The zero-order chi connectivity index (χ0) is 16.8.